The minimum Gasteiger partial charge on any atom is -0.478 e. The Hall–Kier alpha value is -3.78. The molecule has 2 N–H and O–H groups in total. The van der Waals surface area contributed by atoms with Crippen molar-refractivity contribution in [2.75, 3.05) is 5.32 Å². The molecule has 0 amide bonds. The third-order valence-corrected chi connectivity index (χ3v) is 5.61. The minimum atomic E-state index is -0.992. The van der Waals surface area contributed by atoms with Crippen LogP contribution in [0.15, 0.2) is 82.1 Å². The van der Waals surface area contributed by atoms with E-state index in [2.05, 4.69) is 31.3 Å². The van der Waals surface area contributed by atoms with E-state index in [9.17, 15) is 14.7 Å². The van der Waals surface area contributed by atoms with Gasteiger partial charge in [0.15, 0.2) is 11.5 Å². The van der Waals surface area contributed by atoms with Gasteiger partial charge in [-0.05, 0) is 35.9 Å². The molecule has 0 spiro atoms. The molecule has 0 saturated carbocycles. The highest BCUT2D eigenvalue weighted by Crippen LogP contribution is 2.38. The second-order valence-corrected chi connectivity index (χ2v) is 7.98. The van der Waals surface area contributed by atoms with Crippen LogP contribution in [0, 0.1) is 0 Å². The van der Waals surface area contributed by atoms with Gasteiger partial charge in [-0.15, -0.1) is 0 Å². The SMILES string of the molecule is O=C(O)c1ccc([C@@H]2Nc3ccc(Br)cc3-c3nc(=O)c(-c4ccccc4)nn32)cc1. The van der Waals surface area contributed by atoms with Gasteiger partial charge in [-0.1, -0.05) is 58.4 Å². The van der Waals surface area contributed by atoms with Crippen LogP contribution in [-0.4, -0.2) is 25.8 Å². The van der Waals surface area contributed by atoms with E-state index in [0.717, 1.165) is 21.3 Å². The van der Waals surface area contributed by atoms with Gasteiger partial charge in [0.25, 0.3) is 5.56 Å². The predicted molar refractivity (Wildman–Crippen MR) is 120 cm³/mol. The van der Waals surface area contributed by atoms with Crippen molar-refractivity contribution in [1.82, 2.24) is 14.8 Å². The number of anilines is 1. The van der Waals surface area contributed by atoms with Crippen molar-refractivity contribution in [2.24, 2.45) is 0 Å². The van der Waals surface area contributed by atoms with Crippen LogP contribution in [0.3, 0.4) is 0 Å². The number of carboxylic acid groups (broad SMARTS) is 1. The summed E-state index contributed by atoms with van der Waals surface area (Å²) in [5, 5.41) is 17.3. The molecule has 1 aliphatic heterocycles. The Morgan fingerprint density at radius 2 is 1.77 bits per heavy atom. The zero-order chi connectivity index (χ0) is 21.5. The van der Waals surface area contributed by atoms with Crippen LogP contribution in [0.4, 0.5) is 5.69 Å². The van der Waals surface area contributed by atoms with E-state index in [1.54, 1.807) is 28.9 Å². The van der Waals surface area contributed by atoms with Gasteiger partial charge in [0, 0.05) is 21.3 Å². The Balaban J connectivity index is 1.73. The summed E-state index contributed by atoms with van der Waals surface area (Å²) in [7, 11) is 0. The van der Waals surface area contributed by atoms with Gasteiger partial charge in [-0.3, -0.25) is 4.79 Å². The number of carboxylic acids is 1. The van der Waals surface area contributed by atoms with Gasteiger partial charge in [0.2, 0.25) is 0 Å². The van der Waals surface area contributed by atoms with E-state index in [4.69, 9.17) is 0 Å². The maximum atomic E-state index is 12.9. The molecule has 2 heterocycles. The van der Waals surface area contributed by atoms with Gasteiger partial charge < -0.3 is 10.4 Å². The summed E-state index contributed by atoms with van der Waals surface area (Å²) in [6, 6.07) is 21.4. The Bertz CT molecular complexity index is 1370. The van der Waals surface area contributed by atoms with Crippen molar-refractivity contribution < 1.29 is 9.90 Å². The second-order valence-electron chi connectivity index (χ2n) is 7.06. The van der Waals surface area contributed by atoms with Crippen LogP contribution < -0.4 is 10.9 Å². The molecule has 1 aliphatic rings. The molecule has 0 saturated heterocycles. The number of fused-ring (bicyclic) bond motifs is 3. The molecule has 0 unspecified atom stereocenters. The maximum Gasteiger partial charge on any atom is 0.335 e. The van der Waals surface area contributed by atoms with Gasteiger partial charge in [0.1, 0.15) is 6.17 Å². The van der Waals surface area contributed by atoms with Crippen LogP contribution in [0.25, 0.3) is 22.6 Å². The summed E-state index contributed by atoms with van der Waals surface area (Å²) >= 11 is 3.47. The summed E-state index contributed by atoms with van der Waals surface area (Å²) in [6.45, 7) is 0. The molecular weight excluding hydrogens is 460 g/mol. The number of rotatable bonds is 3. The molecule has 0 aliphatic carbocycles. The topological polar surface area (TPSA) is 97.1 Å². The Labute approximate surface area is 185 Å². The van der Waals surface area contributed by atoms with Crippen LogP contribution in [-0.2, 0) is 0 Å². The molecule has 0 fully saturated rings. The summed E-state index contributed by atoms with van der Waals surface area (Å²) in [6.07, 6.45) is -0.470. The molecule has 7 nitrogen and oxygen atoms in total. The summed E-state index contributed by atoms with van der Waals surface area (Å²) in [4.78, 5) is 28.5. The fourth-order valence-electron chi connectivity index (χ4n) is 3.61. The first kappa shape index (κ1) is 19.2. The molecule has 152 valence electrons. The molecular formula is C23H15BrN4O3. The Kier molecular flexibility index (Phi) is 4.63. The first-order valence-electron chi connectivity index (χ1n) is 9.47. The van der Waals surface area contributed by atoms with Gasteiger partial charge in [-0.2, -0.15) is 10.1 Å². The summed E-state index contributed by atoms with van der Waals surface area (Å²) in [5.74, 6) is -0.555. The standard InChI is InChI=1S/C23H15BrN4O3/c24-16-10-11-18-17(12-16)21-26-22(29)19(13-4-2-1-3-5-13)27-28(21)20(25-18)14-6-8-15(9-7-14)23(30)31/h1-12,20,25H,(H,30,31)/t20-/m1/s1. The van der Waals surface area contributed by atoms with Crippen molar-refractivity contribution in [3.8, 4) is 22.6 Å². The quantitative estimate of drug-likeness (QED) is 0.456. The highest BCUT2D eigenvalue weighted by molar-refractivity contribution is 9.10. The highest BCUT2D eigenvalue weighted by atomic mass is 79.9. The number of hydrogen-bond donors (Lipinski definition) is 2. The molecule has 5 rings (SSSR count). The number of carbonyl (C=O) groups is 1. The van der Waals surface area contributed by atoms with E-state index >= 15 is 0 Å². The number of nitrogens with one attached hydrogen (secondary N) is 1. The molecule has 3 aromatic carbocycles. The van der Waals surface area contributed by atoms with E-state index in [1.165, 1.54) is 0 Å². The highest BCUT2D eigenvalue weighted by Gasteiger charge is 2.28. The average molecular weight is 475 g/mol. The third kappa shape index (κ3) is 3.40. The van der Waals surface area contributed by atoms with E-state index in [1.807, 2.05) is 48.5 Å². The molecule has 8 heteroatoms. The number of aromatic carboxylic acids is 1. The van der Waals surface area contributed by atoms with E-state index < -0.39 is 17.7 Å². The van der Waals surface area contributed by atoms with Crippen LogP contribution >= 0.6 is 15.9 Å². The number of benzene rings is 3. The fourth-order valence-corrected chi connectivity index (χ4v) is 3.97. The smallest absolute Gasteiger partial charge is 0.335 e. The van der Waals surface area contributed by atoms with E-state index in [-0.39, 0.29) is 11.3 Å². The average Bonchev–Trinajstić information content (AvgIpc) is 2.79. The summed E-state index contributed by atoms with van der Waals surface area (Å²) < 4.78 is 2.53. The molecule has 4 aromatic rings. The molecule has 31 heavy (non-hydrogen) atoms. The third-order valence-electron chi connectivity index (χ3n) is 5.11. The van der Waals surface area contributed by atoms with Gasteiger partial charge in [-0.25, -0.2) is 9.48 Å². The second kappa shape index (κ2) is 7.48. The van der Waals surface area contributed by atoms with Crippen LogP contribution in [0.2, 0.25) is 0 Å². The minimum absolute atomic E-state index is 0.195. The first-order chi connectivity index (χ1) is 15.0. The van der Waals surface area contributed by atoms with E-state index in [0.29, 0.717) is 11.4 Å². The van der Waals surface area contributed by atoms with Gasteiger partial charge >= 0.3 is 5.97 Å². The first-order valence-corrected chi connectivity index (χ1v) is 10.3. The molecule has 0 bridgehead atoms. The van der Waals surface area contributed by atoms with Crippen molar-refractivity contribution >= 4 is 27.6 Å². The lowest BCUT2D eigenvalue weighted by Crippen LogP contribution is -2.32. The van der Waals surface area contributed by atoms with Crippen molar-refractivity contribution in [2.45, 2.75) is 6.17 Å². The maximum absolute atomic E-state index is 12.9. The van der Waals surface area contributed by atoms with Crippen LogP contribution in [0.1, 0.15) is 22.1 Å². The van der Waals surface area contributed by atoms with Crippen LogP contribution in [0.5, 0.6) is 0 Å². The molecule has 1 aromatic heterocycles. The van der Waals surface area contributed by atoms with Crippen molar-refractivity contribution in [3.05, 3.63) is 98.7 Å². The molecule has 0 radical (unpaired) electrons. The predicted octanol–water partition coefficient (Wildman–Crippen LogP) is 4.41. The number of aromatic nitrogens is 3. The zero-order valence-electron chi connectivity index (χ0n) is 16.0. The number of halogens is 1. The van der Waals surface area contributed by atoms with Crippen molar-refractivity contribution in [1.29, 1.82) is 0 Å². The summed E-state index contributed by atoms with van der Waals surface area (Å²) in [5.41, 5.74) is 3.04. The fraction of sp³-hybridized carbons (Fsp3) is 0.0435. The Morgan fingerprint density at radius 1 is 1.03 bits per heavy atom. The largest absolute Gasteiger partial charge is 0.478 e. The number of nitrogens with zero attached hydrogens (tertiary/aromatic N) is 3. The van der Waals surface area contributed by atoms with Crippen molar-refractivity contribution in [3.63, 3.8) is 0 Å². The normalized spacial score (nSPS) is 14.3. The lowest BCUT2D eigenvalue weighted by molar-refractivity contribution is 0.0697. The lowest BCUT2D eigenvalue weighted by atomic mass is 10.0. The van der Waals surface area contributed by atoms with Gasteiger partial charge in [0.05, 0.1) is 5.56 Å². The lowest BCUT2D eigenvalue weighted by Gasteiger charge is -2.30. The molecule has 1 atom stereocenters. The monoisotopic (exact) mass is 474 g/mol. The zero-order valence-corrected chi connectivity index (χ0v) is 17.6. The Morgan fingerprint density at radius 3 is 2.48 bits per heavy atom. The number of hydrogen-bond acceptors (Lipinski definition) is 5.